The highest BCUT2D eigenvalue weighted by atomic mass is 16.3. The van der Waals surface area contributed by atoms with E-state index < -0.39 is 0 Å². The van der Waals surface area contributed by atoms with Crippen molar-refractivity contribution in [1.29, 1.82) is 0 Å². The molecule has 0 aliphatic rings. The number of aromatic nitrogens is 1. The number of nitrogens with zero attached hydrogens (tertiary/aromatic N) is 1. The molecule has 2 N–H and O–H groups in total. The Morgan fingerprint density at radius 3 is 2.53 bits per heavy atom. The topological polar surface area (TPSA) is 44.1 Å². The van der Waals surface area contributed by atoms with Gasteiger partial charge in [0.15, 0.2) is 11.5 Å². The Kier molecular flexibility index (Phi) is 3.18. The van der Waals surface area contributed by atoms with Crippen molar-refractivity contribution in [3.63, 3.8) is 0 Å². The fourth-order valence-corrected chi connectivity index (χ4v) is 2.86. The molecule has 2 aromatic heterocycles. The Labute approximate surface area is 103 Å². The highest BCUT2D eigenvalue weighted by Gasteiger charge is 2.26. The third-order valence-corrected chi connectivity index (χ3v) is 3.55. The molecule has 0 unspecified atom stereocenters. The van der Waals surface area contributed by atoms with Crippen molar-refractivity contribution in [2.75, 3.05) is 5.73 Å². The molecule has 94 valence electrons. The molecule has 3 heteroatoms. The first-order valence-corrected chi connectivity index (χ1v) is 6.47. The van der Waals surface area contributed by atoms with Gasteiger partial charge >= 0.3 is 0 Å². The van der Waals surface area contributed by atoms with Crippen molar-refractivity contribution in [1.82, 2.24) is 4.57 Å². The zero-order valence-corrected chi connectivity index (χ0v) is 11.0. The molecule has 2 rings (SSSR count). The standard InChI is InChI=1S/C14H22N2O/c1-4-7-14(3,8-5-2)16-9-6-12-11(16)10-13(15)17-12/h6,9-10H,4-5,7-8,15H2,1-3H3. The molecule has 3 nitrogen and oxygen atoms in total. The monoisotopic (exact) mass is 234 g/mol. The number of hydrogen-bond acceptors (Lipinski definition) is 2. The molecule has 0 saturated carbocycles. The number of fused-ring (bicyclic) bond motifs is 1. The van der Waals surface area contributed by atoms with Crippen molar-refractivity contribution < 1.29 is 4.42 Å². The quantitative estimate of drug-likeness (QED) is 0.845. The molecule has 0 radical (unpaired) electrons. The van der Waals surface area contributed by atoms with E-state index in [0.29, 0.717) is 5.88 Å². The lowest BCUT2D eigenvalue weighted by atomic mass is 9.90. The summed E-state index contributed by atoms with van der Waals surface area (Å²) in [4.78, 5) is 0. The van der Waals surface area contributed by atoms with Crippen LogP contribution in [0, 0.1) is 0 Å². The van der Waals surface area contributed by atoms with Gasteiger partial charge in [0, 0.05) is 17.8 Å². The van der Waals surface area contributed by atoms with Crippen molar-refractivity contribution in [2.24, 2.45) is 0 Å². The molecule has 0 aliphatic carbocycles. The predicted molar refractivity (Wildman–Crippen MR) is 72.1 cm³/mol. The van der Waals surface area contributed by atoms with Gasteiger partial charge in [0.2, 0.25) is 0 Å². The van der Waals surface area contributed by atoms with Gasteiger partial charge in [0.05, 0.1) is 5.52 Å². The summed E-state index contributed by atoms with van der Waals surface area (Å²) < 4.78 is 7.79. The molecule has 2 heterocycles. The number of rotatable bonds is 5. The maximum Gasteiger partial charge on any atom is 0.193 e. The van der Waals surface area contributed by atoms with E-state index in [9.17, 15) is 0 Å². The van der Waals surface area contributed by atoms with Gasteiger partial charge in [-0.15, -0.1) is 0 Å². The van der Waals surface area contributed by atoms with E-state index in [2.05, 4.69) is 31.5 Å². The average molecular weight is 234 g/mol. The van der Waals surface area contributed by atoms with Gasteiger partial charge in [0.1, 0.15) is 0 Å². The second-order valence-electron chi connectivity index (χ2n) is 5.08. The Balaban J connectivity index is 2.47. The van der Waals surface area contributed by atoms with Crippen LogP contribution >= 0.6 is 0 Å². The van der Waals surface area contributed by atoms with E-state index in [0.717, 1.165) is 11.1 Å². The van der Waals surface area contributed by atoms with Crippen LogP contribution in [-0.4, -0.2) is 4.57 Å². The SMILES string of the molecule is CCCC(C)(CCC)n1ccc2oc(N)cc21. The second-order valence-corrected chi connectivity index (χ2v) is 5.08. The average Bonchev–Trinajstić information content (AvgIpc) is 2.76. The lowest BCUT2D eigenvalue weighted by Gasteiger charge is -2.31. The van der Waals surface area contributed by atoms with Crippen molar-refractivity contribution in [3.8, 4) is 0 Å². The number of nitrogens with two attached hydrogens (primary N) is 1. The maximum absolute atomic E-state index is 5.72. The summed E-state index contributed by atoms with van der Waals surface area (Å²) in [6, 6.07) is 3.94. The van der Waals surface area contributed by atoms with Gasteiger partial charge in [-0.2, -0.15) is 0 Å². The van der Waals surface area contributed by atoms with Crippen LogP contribution in [0.1, 0.15) is 46.5 Å². The summed E-state index contributed by atoms with van der Waals surface area (Å²) in [5.74, 6) is 0.500. The molecule has 2 aromatic rings. The van der Waals surface area contributed by atoms with Crippen molar-refractivity contribution >= 4 is 17.0 Å². The lowest BCUT2D eigenvalue weighted by Crippen LogP contribution is -2.29. The summed E-state index contributed by atoms with van der Waals surface area (Å²) in [6.07, 6.45) is 6.84. The third-order valence-electron chi connectivity index (χ3n) is 3.55. The molecule has 0 spiro atoms. The molecular weight excluding hydrogens is 212 g/mol. The van der Waals surface area contributed by atoms with Crippen LogP contribution in [0.4, 0.5) is 5.88 Å². The summed E-state index contributed by atoms with van der Waals surface area (Å²) >= 11 is 0. The second kappa shape index (κ2) is 4.47. The Morgan fingerprint density at radius 1 is 1.29 bits per heavy atom. The van der Waals surface area contributed by atoms with Gasteiger partial charge in [-0.3, -0.25) is 0 Å². The zero-order valence-electron chi connectivity index (χ0n) is 11.0. The first kappa shape index (κ1) is 12.1. The Hall–Kier alpha value is -1.38. The normalized spacial score (nSPS) is 12.4. The number of nitrogen functional groups attached to an aromatic ring is 1. The summed E-state index contributed by atoms with van der Waals surface area (Å²) in [6.45, 7) is 6.79. The van der Waals surface area contributed by atoms with Gasteiger partial charge in [-0.05, 0) is 25.8 Å². The van der Waals surface area contributed by atoms with Gasteiger partial charge in [-0.1, -0.05) is 26.7 Å². The minimum atomic E-state index is 0.168. The van der Waals surface area contributed by atoms with Crippen LogP contribution < -0.4 is 5.73 Å². The first-order chi connectivity index (χ1) is 8.10. The van der Waals surface area contributed by atoms with E-state index in [1.807, 2.05) is 12.1 Å². The molecule has 0 aromatic carbocycles. The first-order valence-electron chi connectivity index (χ1n) is 6.47. The van der Waals surface area contributed by atoms with Crippen LogP contribution in [0.2, 0.25) is 0 Å². The molecule has 17 heavy (non-hydrogen) atoms. The Morgan fingerprint density at radius 2 is 1.94 bits per heavy atom. The number of furan rings is 1. The minimum Gasteiger partial charge on any atom is -0.439 e. The molecule has 0 fully saturated rings. The van der Waals surface area contributed by atoms with Crippen LogP contribution in [0.15, 0.2) is 22.7 Å². The van der Waals surface area contributed by atoms with E-state index in [4.69, 9.17) is 10.2 Å². The van der Waals surface area contributed by atoms with E-state index in [1.54, 1.807) is 0 Å². The van der Waals surface area contributed by atoms with Gasteiger partial charge in [0.25, 0.3) is 0 Å². The van der Waals surface area contributed by atoms with Gasteiger partial charge < -0.3 is 14.7 Å². The van der Waals surface area contributed by atoms with Crippen LogP contribution in [0.3, 0.4) is 0 Å². The molecule has 0 amide bonds. The fraction of sp³-hybridized carbons (Fsp3) is 0.571. The predicted octanol–water partition coefficient (Wildman–Crippen LogP) is 4.13. The van der Waals surface area contributed by atoms with Crippen molar-refractivity contribution in [3.05, 3.63) is 18.3 Å². The smallest absolute Gasteiger partial charge is 0.193 e. The van der Waals surface area contributed by atoms with Crippen LogP contribution in [-0.2, 0) is 5.54 Å². The zero-order chi connectivity index (χ0) is 12.5. The van der Waals surface area contributed by atoms with Gasteiger partial charge in [-0.25, -0.2) is 0 Å². The van der Waals surface area contributed by atoms with E-state index in [-0.39, 0.29) is 5.54 Å². The van der Waals surface area contributed by atoms with E-state index >= 15 is 0 Å². The van der Waals surface area contributed by atoms with E-state index in [1.165, 1.54) is 25.7 Å². The lowest BCUT2D eigenvalue weighted by molar-refractivity contribution is 0.274. The van der Waals surface area contributed by atoms with Crippen molar-refractivity contribution in [2.45, 2.75) is 52.0 Å². The molecule has 0 bridgehead atoms. The Bertz CT molecular complexity index is 489. The molecular formula is C14H22N2O. The maximum atomic E-state index is 5.72. The highest BCUT2D eigenvalue weighted by molar-refractivity contribution is 5.78. The highest BCUT2D eigenvalue weighted by Crippen LogP contribution is 2.34. The summed E-state index contributed by atoms with van der Waals surface area (Å²) in [5.41, 5.74) is 7.89. The number of anilines is 1. The number of hydrogen-bond donors (Lipinski definition) is 1. The minimum absolute atomic E-state index is 0.168. The molecule has 0 saturated heterocycles. The van der Waals surface area contributed by atoms with Crippen LogP contribution in [0.25, 0.3) is 11.1 Å². The summed E-state index contributed by atoms with van der Waals surface area (Å²) in [5, 5.41) is 0. The molecule has 0 aliphatic heterocycles. The third kappa shape index (κ3) is 2.06. The molecule has 0 atom stereocenters. The summed E-state index contributed by atoms with van der Waals surface area (Å²) in [7, 11) is 0. The largest absolute Gasteiger partial charge is 0.439 e. The fourth-order valence-electron chi connectivity index (χ4n) is 2.86. The van der Waals surface area contributed by atoms with Crippen LogP contribution in [0.5, 0.6) is 0 Å².